The number of aliphatic hydroxyl groups is 1. The summed E-state index contributed by atoms with van der Waals surface area (Å²) in [6.07, 6.45) is 0.576. The van der Waals surface area contributed by atoms with E-state index in [2.05, 4.69) is 5.10 Å². The first-order valence-corrected chi connectivity index (χ1v) is 5.67. The molecular formula is C11H11Cl2N3O. The van der Waals surface area contributed by atoms with E-state index in [0.717, 1.165) is 0 Å². The first-order chi connectivity index (χ1) is 8.02. The second kappa shape index (κ2) is 4.56. The largest absolute Gasteiger partial charge is 0.384 e. The van der Waals surface area contributed by atoms with Crippen LogP contribution in [0, 0.1) is 0 Å². The molecule has 0 saturated carbocycles. The molecule has 0 radical (unpaired) electrons. The zero-order valence-corrected chi connectivity index (χ0v) is 10.6. The Hall–Kier alpha value is -1.23. The third-order valence-corrected chi connectivity index (χ3v) is 3.42. The van der Waals surface area contributed by atoms with Crippen molar-refractivity contribution in [1.82, 2.24) is 9.78 Å². The minimum absolute atomic E-state index is 0.324. The van der Waals surface area contributed by atoms with Gasteiger partial charge in [-0.1, -0.05) is 35.3 Å². The summed E-state index contributed by atoms with van der Waals surface area (Å²) >= 11 is 11.9. The fourth-order valence-corrected chi connectivity index (χ4v) is 1.99. The van der Waals surface area contributed by atoms with Gasteiger partial charge in [-0.2, -0.15) is 5.10 Å². The van der Waals surface area contributed by atoms with E-state index >= 15 is 0 Å². The van der Waals surface area contributed by atoms with Crippen LogP contribution in [0.15, 0.2) is 24.4 Å². The topological polar surface area (TPSA) is 64.1 Å². The van der Waals surface area contributed by atoms with Crippen LogP contribution in [-0.4, -0.2) is 14.9 Å². The van der Waals surface area contributed by atoms with Crippen LogP contribution in [-0.2, 0) is 7.05 Å². The highest BCUT2D eigenvalue weighted by Gasteiger charge is 2.20. The van der Waals surface area contributed by atoms with Crippen LogP contribution >= 0.6 is 23.2 Å². The standard InChI is InChI=1S/C11H11Cl2N3O/c1-16-11(14)7(5-15-16)10(17)6-3-2-4-8(12)9(6)13/h2-5,10,17H,14H2,1H3. The molecule has 17 heavy (non-hydrogen) atoms. The molecule has 0 aliphatic rings. The van der Waals surface area contributed by atoms with Gasteiger partial charge in [-0.15, -0.1) is 0 Å². The average molecular weight is 272 g/mol. The maximum atomic E-state index is 10.2. The monoisotopic (exact) mass is 271 g/mol. The van der Waals surface area contributed by atoms with Crippen molar-refractivity contribution < 1.29 is 5.11 Å². The Morgan fingerprint density at radius 3 is 2.65 bits per heavy atom. The van der Waals surface area contributed by atoms with Crippen LogP contribution < -0.4 is 5.73 Å². The normalized spacial score (nSPS) is 12.7. The molecule has 2 aromatic rings. The molecule has 0 aliphatic carbocycles. The number of hydrogen-bond acceptors (Lipinski definition) is 3. The second-order valence-corrected chi connectivity index (χ2v) is 4.44. The van der Waals surface area contributed by atoms with Gasteiger partial charge in [0.25, 0.3) is 0 Å². The van der Waals surface area contributed by atoms with Gasteiger partial charge in [0.15, 0.2) is 0 Å². The summed E-state index contributed by atoms with van der Waals surface area (Å²) in [6.45, 7) is 0. The van der Waals surface area contributed by atoms with Crippen molar-refractivity contribution in [2.75, 3.05) is 5.73 Å². The fourth-order valence-electron chi connectivity index (χ4n) is 1.57. The lowest BCUT2D eigenvalue weighted by Crippen LogP contribution is -2.05. The Morgan fingerprint density at radius 2 is 2.06 bits per heavy atom. The third-order valence-electron chi connectivity index (χ3n) is 2.59. The third kappa shape index (κ3) is 2.11. The Kier molecular flexibility index (Phi) is 3.28. The SMILES string of the molecule is Cn1ncc(C(O)c2cccc(Cl)c2Cl)c1N. The molecule has 2 rings (SSSR count). The lowest BCUT2D eigenvalue weighted by atomic mass is 10.0. The van der Waals surface area contributed by atoms with Gasteiger partial charge in [-0.3, -0.25) is 4.68 Å². The minimum Gasteiger partial charge on any atom is -0.384 e. The Bertz CT molecular complexity index is 554. The summed E-state index contributed by atoms with van der Waals surface area (Å²) < 4.78 is 1.48. The molecule has 1 atom stereocenters. The fraction of sp³-hybridized carbons (Fsp3) is 0.182. The van der Waals surface area contributed by atoms with Gasteiger partial charge >= 0.3 is 0 Å². The van der Waals surface area contributed by atoms with Gasteiger partial charge in [0.05, 0.1) is 16.2 Å². The Morgan fingerprint density at radius 1 is 1.35 bits per heavy atom. The molecule has 0 bridgehead atoms. The highest BCUT2D eigenvalue weighted by atomic mass is 35.5. The summed E-state index contributed by atoms with van der Waals surface area (Å²) in [5, 5.41) is 14.9. The molecule has 0 amide bonds. The minimum atomic E-state index is -0.935. The van der Waals surface area contributed by atoms with Crippen LogP contribution in [0.3, 0.4) is 0 Å². The Balaban J connectivity index is 2.47. The van der Waals surface area contributed by atoms with Gasteiger partial charge in [-0.25, -0.2) is 0 Å². The van der Waals surface area contributed by atoms with E-state index in [1.165, 1.54) is 10.9 Å². The quantitative estimate of drug-likeness (QED) is 0.882. The molecule has 4 nitrogen and oxygen atoms in total. The maximum absolute atomic E-state index is 10.2. The zero-order valence-electron chi connectivity index (χ0n) is 9.06. The summed E-state index contributed by atoms with van der Waals surface area (Å²) in [7, 11) is 1.70. The highest BCUT2D eigenvalue weighted by Crippen LogP contribution is 2.34. The number of hydrogen-bond donors (Lipinski definition) is 2. The van der Waals surface area contributed by atoms with E-state index in [1.807, 2.05) is 0 Å². The molecule has 1 heterocycles. The van der Waals surface area contributed by atoms with Crippen molar-refractivity contribution in [3.63, 3.8) is 0 Å². The van der Waals surface area contributed by atoms with E-state index in [0.29, 0.717) is 27.0 Å². The van der Waals surface area contributed by atoms with Crippen molar-refractivity contribution in [3.8, 4) is 0 Å². The number of aromatic nitrogens is 2. The number of aliphatic hydroxyl groups excluding tert-OH is 1. The average Bonchev–Trinajstić information content (AvgIpc) is 2.63. The van der Waals surface area contributed by atoms with E-state index in [1.54, 1.807) is 25.2 Å². The van der Waals surface area contributed by atoms with Crippen molar-refractivity contribution >= 4 is 29.0 Å². The van der Waals surface area contributed by atoms with Gasteiger partial charge in [0, 0.05) is 18.2 Å². The number of nitrogen functional groups attached to an aromatic ring is 1. The van der Waals surface area contributed by atoms with Crippen LogP contribution in [0.25, 0.3) is 0 Å². The molecular weight excluding hydrogens is 261 g/mol. The van der Waals surface area contributed by atoms with Gasteiger partial charge in [-0.05, 0) is 6.07 Å². The second-order valence-electron chi connectivity index (χ2n) is 3.65. The Labute approximate surface area is 109 Å². The molecule has 90 valence electrons. The van der Waals surface area contributed by atoms with Crippen molar-refractivity contribution in [1.29, 1.82) is 0 Å². The number of nitrogens with two attached hydrogens (primary N) is 1. The summed E-state index contributed by atoms with van der Waals surface area (Å²) in [5.41, 5.74) is 6.82. The van der Waals surface area contributed by atoms with E-state index in [-0.39, 0.29) is 0 Å². The predicted molar refractivity (Wildman–Crippen MR) is 68.1 cm³/mol. The van der Waals surface area contributed by atoms with Gasteiger partial charge in [0.2, 0.25) is 0 Å². The first kappa shape index (κ1) is 12.2. The van der Waals surface area contributed by atoms with E-state index in [4.69, 9.17) is 28.9 Å². The molecule has 0 aliphatic heterocycles. The molecule has 1 aromatic heterocycles. The molecule has 0 saturated heterocycles. The number of anilines is 1. The summed E-state index contributed by atoms with van der Waals surface area (Å²) in [6, 6.07) is 5.08. The number of aryl methyl sites for hydroxylation is 1. The van der Waals surface area contributed by atoms with Crippen LogP contribution in [0.1, 0.15) is 17.2 Å². The predicted octanol–water partition coefficient (Wildman–Crippen LogP) is 2.39. The molecule has 1 aromatic carbocycles. The number of benzene rings is 1. The molecule has 6 heteroatoms. The van der Waals surface area contributed by atoms with Gasteiger partial charge < -0.3 is 10.8 Å². The van der Waals surface area contributed by atoms with Crippen molar-refractivity contribution in [2.24, 2.45) is 7.05 Å². The van der Waals surface area contributed by atoms with Crippen LogP contribution in [0.2, 0.25) is 10.0 Å². The van der Waals surface area contributed by atoms with Crippen molar-refractivity contribution in [2.45, 2.75) is 6.10 Å². The van der Waals surface area contributed by atoms with E-state index in [9.17, 15) is 5.11 Å². The number of nitrogens with zero attached hydrogens (tertiary/aromatic N) is 2. The summed E-state index contributed by atoms with van der Waals surface area (Å²) in [4.78, 5) is 0. The van der Waals surface area contributed by atoms with Crippen LogP contribution in [0.4, 0.5) is 5.82 Å². The number of rotatable bonds is 2. The highest BCUT2D eigenvalue weighted by molar-refractivity contribution is 6.42. The molecule has 0 fully saturated rings. The van der Waals surface area contributed by atoms with Crippen LogP contribution in [0.5, 0.6) is 0 Å². The van der Waals surface area contributed by atoms with Crippen molar-refractivity contribution in [3.05, 3.63) is 45.6 Å². The summed E-state index contributed by atoms with van der Waals surface area (Å²) in [5.74, 6) is 0.397. The molecule has 3 N–H and O–H groups in total. The van der Waals surface area contributed by atoms with Gasteiger partial charge in [0.1, 0.15) is 11.9 Å². The maximum Gasteiger partial charge on any atom is 0.127 e. The van der Waals surface area contributed by atoms with E-state index < -0.39 is 6.10 Å². The number of halogens is 2. The molecule has 1 unspecified atom stereocenters. The lowest BCUT2D eigenvalue weighted by molar-refractivity contribution is 0.221. The lowest BCUT2D eigenvalue weighted by Gasteiger charge is -2.12. The zero-order chi connectivity index (χ0) is 12.6. The first-order valence-electron chi connectivity index (χ1n) is 4.91. The molecule has 0 spiro atoms. The smallest absolute Gasteiger partial charge is 0.127 e.